The van der Waals surface area contributed by atoms with Crippen LogP contribution in [0.2, 0.25) is 0 Å². The van der Waals surface area contributed by atoms with Crippen molar-refractivity contribution in [3.05, 3.63) is 58.7 Å². The van der Waals surface area contributed by atoms with Crippen molar-refractivity contribution in [1.82, 2.24) is 0 Å². The van der Waals surface area contributed by atoms with Gasteiger partial charge < -0.3 is 9.47 Å². The van der Waals surface area contributed by atoms with Crippen LogP contribution in [0.5, 0.6) is 11.5 Å². The number of fused-ring (bicyclic) bond motifs is 2. The van der Waals surface area contributed by atoms with Crippen molar-refractivity contribution in [2.45, 2.75) is 24.7 Å². The van der Waals surface area contributed by atoms with Crippen molar-refractivity contribution >= 4 is 37.6 Å². The molecule has 0 saturated carbocycles. The molecule has 0 saturated heterocycles. The quantitative estimate of drug-likeness (QED) is 0.559. The van der Waals surface area contributed by atoms with Crippen molar-refractivity contribution < 1.29 is 14.3 Å². The maximum atomic E-state index is 13.4. The molecule has 2 aliphatic heterocycles. The molecule has 5 heteroatoms. The third-order valence-electron chi connectivity index (χ3n) is 5.23. The van der Waals surface area contributed by atoms with Gasteiger partial charge in [-0.2, -0.15) is 0 Å². The zero-order valence-corrected chi connectivity index (χ0v) is 17.5. The first kappa shape index (κ1) is 18.1. The fraction of sp³-hybridized carbons (Fsp3) is 0.381. The second kappa shape index (κ2) is 7.73. The van der Waals surface area contributed by atoms with Gasteiger partial charge >= 0.3 is 0 Å². The monoisotopic (exact) mass is 478 g/mol. The lowest BCUT2D eigenvalue weighted by Gasteiger charge is -2.21. The number of halogens is 2. The highest BCUT2D eigenvalue weighted by atomic mass is 79.9. The van der Waals surface area contributed by atoms with Crippen LogP contribution < -0.4 is 9.47 Å². The maximum Gasteiger partial charge on any atom is 0.149 e. The molecule has 2 aromatic carbocycles. The van der Waals surface area contributed by atoms with Crippen molar-refractivity contribution in [1.29, 1.82) is 0 Å². The van der Waals surface area contributed by atoms with Gasteiger partial charge in [0.1, 0.15) is 17.3 Å². The number of rotatable bonds is 6. The Balaban J connectivity index is 1.62. The van der Waals surface area contributed by atoms with E-state index in [0.29, 0.717) is 10.7 Å². The van der Waals surface area contributed by atoms with E-state index in [1.807, 2.05) is 24.3 Å². The number of hydrogen-bond donors (Lipinski definition) is 0. The van der Waals surface area contributed by atoms with Gasteiger partial charge in [-0.25, -0.2) is 0 Å². The summed E-state index contributed by atoms with van der Waals surface area (Å²) in [6.07, 6.45) is 1.83. The van der Waals surface area contributed by atoms with Crippen LogP contribution >= 0.6 is 31.9 Å². The number of ketones is 1. The molecule has 4 rings (SSSR count). The lowest BCUT2D eigenvalue weighted by molar-refractivity contribution is -0.121. The summed E-state index contributed by atoms with van der Waals surface area (Å²) in [5, 5.41) is 1.23. The van der Waals surface area contributed by atoms with Gasteiger partial charge in [0.05, 0.1) is 25.0 Å². The van der Waals surface area contributed by atoms with Gasteiger partial charge in [0.2, 0.25) is 0 Å². The molecule has 0 spiro atoms. The van der Waals surface area contributed by atoms with E-state index in [-0.39, 0.29) is 17.6 Å². The Hall–Kier alpha value is -1.33. The van der Waals surface area contributed by atoms with Gasteiger partial charge in [-0.1, -0.05) is 56.1 Å². The molecule has 26 heavy (non-hydrogen) atoms. The predicted octanol–water partition coefficient (Wildman–Crippen LogP) is 4.78. The molecule has 0 aromatic heterocycles. The first-order valence-electron chi connectivity index (χ1n) is 8.88. The molecule has 0 fully saturated rings. The molecule has 2 unspecified atom stereocenters. The first-order valence-corrected chi connectivity index (χ1v) is 11.1. The zero-order chi connectivity index (χ0) is 18.1. The van der Waals surface area contributed by atoms with Crippen LogP contribution in [0.1, 0.15) is 34.1 Å². The third-order valence-corrected chi connectivity index (χ3v) is 6.52. The van der Waals surface area contributed by atoms with Gasteiger partial charge in [0, 0.05) is 23.5 Å². The highest BCUT2D eigenvalue weighted by molar-refractivity contribution is 9.09. The van der Waals surface area contributed by atoms with Crippen molar-refractivity contribution in [2.75, 3.05) is 23.9 Å². The number of carbonyl (C=O) groups excluding carboxylic acids is 1. The molecule has 2 heterocycles. The highest BCUT2D eigenvalue weighted by Crippen LogP contribution is 2.35. The first-order chi connectivity index (χ1) is 12.7. The summed E-state index contributed by atoms with van der Waals surface area (Å²) in [6, 6.07) is 12.3. The summed E-state index contributed by atoms with van der Waals surface area (Å²) in [5.41, 5.74) is 4.52. The fourth-order valence-corrected chi connectivity index (χ4v) is 5.13. The SMILES string of the molecule is O=C(C(CBr)c1ccc2c(c1)CCO2)C(CBr)c1ccc2c(c1)CCO2. The van der Waals surface area contributed by atoms with E-state index in [1.54, 1.807) is 0 Å². The summed E-state index contributed by atoms with van der Waals surface area (Å²) >= 11 is 7.13. The van der Waals surface area contributed by atoms with Crippen molar-refractivity contribution in [3.8, 4) is 11.5 Å². The molecule has 0 aliphatic carbocycles. The number of Topliss-reactive ketones (excluding diaryl/α,β-unsaturated/α-hetero) is 1. The molecule has 2 aliphatic rings. The van der Waals surface area contributed by atoms with Crippen molar-refractivity contribution in [3.63, 3.8) is 0 Å². The van der Waals surface area contributed by atoms with E-state index in [0.717, 1.165) is 48.7 Å². The summed E-state index contributed by atoms with van der Waals surface area (Å²) in [5.74, 6) is 1.78. The predicted molar refractivity (Wildman–Crippen MR) is 109 cm³/mol. The summed E-state index contributed by atoms with van der Waals surface area (Å²) in [6.45, 7) is 1.46. The normalized spacial score (nSPS) is 17.0. The number of alkyl halides is 2. The zero-order valence-electron chi connectivity index (χ0n) is 14.3. The Morgan fingerprint density at radius 2 is 1.31 bits per heavy atom. The Morgan fingerprint density at radius 1 is 0.846 bits per heavy atom. The van der Waals surface area contributed by atoms with E-state index < -0.39 is 0 Å². The van der Waals surface area contributed by atoms with Crippen LogP contribution in [0.4, 0.5) is 0 Å². The van der Waals surface area contributed by atoms with Crippen LogP contribution in [-0.4, -0.2) is 29.7 Å². The van der Waals surface area contributed by atoms with Gasteiger partial charge in [0.15, 0.2) is 0 Å². The van der Waals surface area contributed by atoms with Gasteiger partial charge in [-0.3, -0.25) is 4.79 Å². The van der Waals surface area contributed by atoms with E-state index in [2.05, 4.69) is 44.0 Å². The molecule has 0 radical (unpaired) electrons. The molecule has 136 valence electrons. The Labute approximate surface area is 170 Å². The smallest absolute Gasteiger partial charge is 0.149 e. The second-order valence-electron chi connectivity index (χ2n) is 6.75. The number of benzene rings is 2. The lowest BCUT2D eigenvalue weighted by Crippen LogP contribution is -2.23. The van der Waals surface area contributed by atoms with E-state index in [1.165, 1.54) is 11.1 Å². The minimum Gasteiger partial charge on any atom is -0.493 e. The van der Waals surface area contributed by atoms with Crippen LogP contribution in [0.15, 0.2) is 36.4 Å². The fourth-order valence-electron chi connectivity index (χ4n) is 3.75. The molecule has 3 nitrogen and oxygen atoms in total. The van der Waals surface area contributed by atoms with Gasteiger partial charge in [0.25, 0.3) is 0 Å². The topological polar surface area (TPSA) is 35.5 Å². The third kappa shape index (κ3) is 3.31. The van der Waals surface area contributed by atoms with E-state index in [4.69, 9.17) is 9.47 Å². The Bertz CT molecular complexity index is 767. The molecule has 2 atom stereocenters. The molecule has 0 N–H and O–H groups in total. The molecular weight excluding hydrogens is 460 g/mol. The molecule has 0 amide bonds. The van der Waals surface area contributed by atoms with E-state index >= 15 is 0 Å². The second-order valence-corrected chi connectivity index (χ2v) is 8.04. The highest BCUT2D eigenvalue weighted by Gasteiger charge is 2.30. The Morgan fingerprint density at radius 3 is 1.73 bits per heavy atom. The Kier molecular flexibility index (Phi) is 5.37. The largest absolute Gasteiger partial charge is 0.493 e. The number of ether oxygens (including phenoxy) is 2. The summed E-state index contributed by atoms with van der Waals surface area (Å²) in [7, 11) is 0. The lowest BCUT2D eigenvalue weighted by atomic mass is 9.84. The average Bonchev–Trinajstić information content (AvgIpc) is 3.31. The average molecular weight is 480 g/mol. The van der Waals surface area contributed by atoms with Gasteiger partial charge in [-0.15, -0.1) is 0 Å². The van der Waals surface area contributed by atoms with Gasteiger partial charge in [-0.05, 0) is 34.4 Å². The number of carbonyl (C=O) groups is 1. The minimum atomic E-state index is -0.173. The number of hydrogen-bond acceptors (Lipinski definition) is 3. The van der Waals surface area contributed by atoms with Crippen LogP contribution in [0.3, 0.4) is 0 Å². The van der Waals surface area contributed by atoms with E-state index in [9.17, 15) is 4.79 Å². The van der Waals surface area contributed by atoms with Crippen LogP contribution in [-0.2, 0) is 17.6 Å². The molecule has 2 aromatic rings. The minimum absolute atomic E-state index is 0.173. The maximum absolute atomic E-state index is 13.4. The molecular formula is C21H20Br2O3. The standard InChI is InChI=1S/C21H20Br2O3/c22-11-17(13-1-3-19-15(9-13)5-7-25-19)21(24)18(12-23)14-2-4-20-16(10-14)6-8-26-20/h1-4,9-10,17-18H,5-8,11-12H2. The molecule has 0 bridgehead atoms. The summed E-state index contributed by atoms with van der Waals surface area (Å²) < 4.78 is 11.2. The van der Waals surface area contributed by atoms with Crippen LogP contribution in [0.25, 0.3) is 0 Å². The summed E-state index contributed by atoms with van der Waals surface area (Å²) in [4.78, 5) is 13.4. The van der Waals surface area contributed by atoms with Crippen molar-refractivity contribution in [2.24, 2.45) is 0 Å². The van der Waals surface area contributed by atoms with Crippen LogP contribution in [0, 0.1) is 0 Å².